The lowest BCUT2D eigenvalue weighted by Crippen LogP contribution is -2.33. The van der Waals surface area contributed by atoms with Crippen LogP contribution in [0.3, 0.4) is 0 Å². The van der Waals surface area contributed by atoms with Gasteiger partial charge in [-0.1, -0.05) is 41.9 Å². The summed E-state index contributed by atoms with van der Waals surface area (Å²) >= 11 is 6.18. The fraction of sp³-hybridized carbons (Fsp3) is 0.211. The Labute approximate surface area is 143 Å². The quantitative estimate of drug-likeness (QED) is 0.654. The minimum atomic E-state index is -1.07. The fourth-order valence-corrected chi connectivity index (χ4v) is 3.54. The number of hydrogen-bond donors (Lipinski definition) is 3. The second-order valence-electron chi connectivity index (χ2n) is 6.34. The van der Waals surface area contributed by atoms with Gasteiger partial charge in [0.2, 0.25) is 0 Å². The number of hydrogen-bond acceptors (Lipinski definition) is 2. The number of aromatic amines is 1. The molecule has 24 heavy (non-hydrogen) atoms. The van der Waals surface area contributed by atoms with Crippen molar-refractivity contribution in [1.29, 1.82) is 0 Å². The first-order valence-electron chi connectivity index (χ1n) is 7.86. The molecule has 1 aliphatic rings. The Hall–Kier alpha value is -2.30. The van der Waals surface area contributed by atoms with E-state index in [9.17, 15) is 9.90 Å². The van der Waals surface area contributed by atoms with E-state index >= 15 is 0 Å². The predicted molar refractivity (Wildman–Crippen MR) is 93.5 cm³/mol. The molecule has 1 heterocycles. The summed E-state index contributed by atoms with van der Waals surface area (Å²) in [4.78, 5) is 14.0. The topological polar surface area (TPSA) is 73.3 Å². The highest BCUT2D eigenvalue weighted by atomic mass is 35.5. The first-order chi connectivity index (χ1) is 11.5. The molecule has 0 atom stereocenters. The number of aromatic nitrogens is 1. The molecular weight excluding hydrogens is 326 g/mol. The smallest absolute Gasteiger partial charge is 0.353 e. The summed E-state index contributed by atoms with van der Waals surface area (Å²) in [5, 5.41) is 20.5. The van der Waals surface area contributed by atoms with E-state index in [2.05, 4.69) is 4.98 Å². The Morgan fingerprint density at radius 1 is 1.08 bits per heavy atom. The number of fused-ring (bicyclic) bond motifs is 1. The largest absolute Gasteiger partial charge is 0.477 e. The number of carboxylic acids is 1. The van der Waals surface area contributed by atoms with Crippen LogP contribution in [0.5, 0.6) is 0 Å². The maximum absolute atomic E-state index is 11.2. The summed E-state index contributed by atoms with van der Waals surface area (Å²) in [6, 6.07) is 13.5. The molecule has 5 heteroatoms. The highest BCUT2D eigenvalue weighted by Gasteiger charge is 2.35. The zero-order valence-corrected chi connectivity index (χ0v) is 13.6. The Morgan fingerprint density at radius 2 is 1.75 bits per heavy atom. The second kappa shape index (κ2) is 5.36. The van der Waals surface area contributed by atoms with Crippen LogP contribution in [0.2, 0.25) is 5.02 Å². The molecule has 0 unspecified atom stereocenters. The predicted octanol–water partition coefficient (Wildman–Crippen LogP) is 4.56. The first-order valence-corrected chi connectivity index (χ1v) is 8.23. The minimum absolute atomic E-state index is 0.00590. The van der Waals surface area contributed by atoms with Crippen molar-refractivity contribution in [3.63, 3.8) is 0 Å². The molecule has 1 aliphatic carbocycles. The number of rotatable bonds is 3. The Kier molecular flexibility index (Phi) is 3.41. The van der Waals surface area contributed by atoms with Gasteiger partial charge in [-0.3, -0.25) is 0 Å². The number of carboxylic acid groups (broad SMARTS) is 1. The van der Waals surface area contributed by atoms with Gasteiger partial charge < -0.3 is 15.2 Å². The summed E-state index contributed by atoms with van der Waals surface area (Å²) in [7, 11) is 0. The lowest BCUT2D eigenvalue weighted by molar-refractivity contribution is -0.0387. The number of halogens is 1. The average molecular weight is 342 g/mol. The molecule has 122 valence electrons. The first kappa shape index (κ1) is 15.2. The van der Waals surface area contributed by atoms with Crippen LogP contribution in [-0.2, 0) is 5.60 Å². The number of carbonyl (C=O) groups is 1. The van der Waals surface area contributed by atoms with Crippen molar-refractivity contribution >= 4 is 28.5 Å². The number of H-pyrrole nitrogens is 1. The molecular formula is C19H16ClNO3. The molecule has 0 aliphatic heterocycles. The van der Waals surface area contributed by atoms with Crippen molar-refractivity contribution in [2.24, 2.45) is 0 Å². The molecule has 4 rings (SSSR count). The van der Waals surface area contributed by atoms with Crippen LogP contribution in [0.1, 0.15) is 35.3 Å². The van der Waals surface area contributed by atoms with Crippen LogP contribution in [0, 0.1) is 0 Å². The lowest BCUT2D eigenvalue weighted by atomic mass is 9.75. The minimum Gasteiger partial charge on any atom is -0.477 e. The molecule has 0 amide bonds. The monoisotopic (exact) mass is 341 g/mol. The highest BCUT2D eigenvalue weighted by molar-refractivity contribution is 6.38. The van der Waals surface area contributed by atoms with Gasteiger partial charge in [0.05, 0.1) is 10.6 Å². The Balaban J connectivity index is 1.73. The van der Waals surface area contributed by atoms with Crippen molar-refractivity contribution in [1.82, 2.24) is 4.98 Å². The highest BCUT2D eigenvalue weighted by Crippen LogP contribution is 2.41. The molecule has 4 nitrogen and oxygen atoms in total. The van der Waals surface area contributed by atoms with E-state index in [-0.39, 0.29) is 10.7 Å². The fourth-order valence-electron chi connectivity index (χ4n) is 3.26. The van der Waals surface area contributed by atoms with E-state index in [0.29, 0.717) is 10.9 Å². The molecule has 0 saturated heterocycles. The standard InChI is InChI=1S/C19H16ClNO3/c20-16-14-10-12(4-7-15(14)21-17(16)18(22)23)11-2-5-13(6-3-11)19(24)8-1-9-19/h2-7,10,21,24H,1,8-9H2,(H,22,23). The van der Waals surface area contributed by atoms with Gasteiger partial charge in [0.1, 0.15) is 5.69 Å². The van der Waals surface area contributed by atoms with E-state index in [0.717, 1.165) is 36.0 Å². The summed E-state index contributed by atoms with van der Waals surface area (Å²) in [5.74, 6) is -1.07. The van der Waals surface area contributed by atoms with Crippen LogP contribution >= 0.6 is 11.6 Å². The Bertz CT molecular complexity index is 939. The van der Waals surface area contributed by atoms with E-state index in [1.54, 1.807) is 0 Å². The van der Waals surface area contributed by atoms with Crippen molar-refractivity contribution in [2.75, 3.05) is 0 Å². The SMILES string of the molecule is O=C(O)c1[nH]c2ccc(-c3ccc(C4(O)CCC4)cc3)cc2c1Cl. The van der Waals surface area contributed by atoms with E-state index in [4.69, 9.17) is 16.7 Å². The number of nitrogens with one attached hydrogen (secondary N) is 1. The van der Waals surface area contributed by atoms with Gasteiger partial charge in [0, 0.05) is 10.9 Å². The Morgan fingerprint density at radius 3 is 2.33 bits per heavy atom. The van der Waals surface area contributed by atoms with E-state index in [1.165, 1.54) is 0 Å². The molecule has 0 spiro atoms. The van der Waals surface area contributed by atoms with Gasteiger partial charge in [-0.25, -0.2) is 4.79 Å². The summed E-state index contributed by atoms with van der Waals surface area (Å²) in [6.07, 6.45) is 2.69. The van der Waals surface area contributed by atoms with E-state index in [1.807, 2.05) is 42.5 Å². The van der Waals surface area contributed by atoms with Gasteiger partial charge in [-0.05, 0) is 48.1 Å². The van der Waals surface area contributed by atoms with Crippen LogP contribution in [0.4, 0.5) is 0 Å². The molecule has 1 fully saturated rings. The average Bonchev–Trinajstić information content (AvgIpc) is 2.89. The maximum atomic E-state index is 11.2. The third kappa shape index (κ3) is 2.30. The molecule has 3 N–H and O–H groups in total. The molecule has 0 bridgehead atoms. The number of aliphatic hydroxyl groups is 1. The summed E-state index contributed by atoms with van der Waals surface area (Å²) < 4.78 is 0. The number of benzene rings is 2. The number of aromatic carboxylic acids is 1. The van der Waals surface area contributed by atoms with Crippen molar-refractivity contribution in [3.05, 3.63) is 58.7 Å². The van der Waals surface area contributed by atoms with Crippen molar-refractivity contribution in [3.8, 4) is 11.1 Å². The summed E-state index contributed by atoms with van der Waals surface area (Å²) in [6.45, 7) is 0. The lowest BCUT2D eigenvalue weighted by Gasteiger charge is -2.37. The van der Waals surface area contributed by atoms with Gasteiger partial charge in [0.25, 0.3) is 0 Å². The molecule has 1 aromatic heterocycles. The third-order valence-electron chi connectivity index (χ3n) is 4.89. The molecule has 1 saturated carbocycles. The van der Waals surface area contributed by atoms with Crippen molar-refractivity contribution < 1.29 is 15.0 Å². The van der Waals surface area contributed by atoms with Crippen LogP contribution < -0.4 is 0 Å². The van der Waals surface area contributed by atoms with Crippen molar-refractivity contribution in [2.45, 2.75) is 24.9 Å². The zero-order chi connectivity index (χ0) is 16.9. The van der Waals surface area contributed by atoms with Gasteiger partial charge in [-0.2, -0.15) is 0 Å². The normalized spacial score (nSPS) is 16.1. The van der Waals surface area contributed by atoms with Gasteiger partial charge >= 0.3 is 5.97 Å². The van der Waals surface area contributed by atoms with Crippen LogP contribution in [0.15, 0.2) is 42.5 Å². The second-order valence-corrected chi connectivity index (χ2v) is 6.72. The zero-order valence-electron chi connectivity index (χ0n) is 12.8. The summed E-state index contributed by atoms with van der Waals surface area (Å²) in [5.41, 5.74) is 2.94. The third-order valence-corrected chi connectivity index (χ3v) is 5.28. The van der Waals surface area contributed by atoms with E-state index < -0.39 is 11.6 Å². The van der Waals surface area contributed by atoms with Crippen LogP contribution in [0.25, 0.3) is 22.0 Å². The maximum Gasteiger partial charge on any atom is 0.353 e. The van der Waals surface area contributed by atoms with Crippen LogP contribution in [-0.4, -0.2) is 21.2 Å². The van der Waals surface area contributed by atoms with Gasteiger partial charge in [0.15, 0.2) is 0 Å². The van der Waals surface area contributed by atoms with Gasteiger partial charge in [-0.15, -0.1) is 0 Å². The molecule has 2 aromatic carbocycles. The molecule has 3 aromatic rings. The molecule has 0 radical (unpaired) electrons.